The maximum Gasteiger partial charge on any atom is 0.308 e. The van der Waals surface area contributed by atoms with Crippen LogP contribution in [0.3, 0.4) is 0 Å². The Morgan fingerprint density at radius 3 is 2.70 bits per heavy atom. The molecule has 0 N–H and O–H groups in total. The predicted octanol–water partition coefficient (Wildman–Crippen LogP) is 4.36. The number of hydrogen-bond donors (Lipinski definition) is 0. The molecule has 0 aliphatic heterocycles. The smallest absolute Gasteiger partial charge is 0.308 e. The van der Waals surface area contributed by atoms with Crippen LogP contribution in [-0.2, 0) is 11.2 Å². The van der Waals surface area contributed by atoms with Gasteiger partial charge in [-0.25, -0.2) is 0 Å². The average molecular weight is 308 g/mol. The summed E-state index contributed by atoms with van der Waals surface area (Å²) < 4.78 is 10.8. The fraction of sp³-hybridized carbons (Fsp3) is 0.250. The molecule has 0 radical (unpaired) electrons. The van der Waals surface area contributed by atoms with Crippen molar-refractivity contribution < 1.29 is 14.3 Å². The largest absolute Gasteiger partial charge is 0.494 e. The van der Waals surface area contributed by atoms with E-state index in [2.05, 4.69) is 36.4 Å². The maximum atomic E-state index is 11.2. The predicted molar refractivity (Wildman–Crippen MR) is 90.8 cm³/mol. The van der Waals surface area contributed by atoms with E-state index in [0.29, 0.717) is 18.3 Å². The van der Waals surface area contributed by atoms with Crippen LogP contribution in [-0.4, -0.2) is 12.6 Å². The second kappa shape index (κ2) is 6.69. The molecule has 0 spiro atoms. The molecule has 118 valence electrons. The van der Waals surface area contributed by atoms with Gasteiger partial charge in [-0.2, -0.15) is 0 Å². The van der Waals surface area contributed by atoms with Gasteiger partial charge in [0.2, 0.25) is 0 Å². The highest BCUT2D eigenvalue weighted by atomic mass is 16.5. The summed E-state index contributed by atoms with van der Waals surface area (Å²) in [4.78, 5) is 11.2. The minimum atomic E-state index is -0.323. The third-order valence-corrected chi connectivity index (χ3v) is 3.87. The molecule has 3 rings (SSSR count). The summed E-state index contributed by atoms with van der Waals surface area (Å²) in [5.74, 6) is 1.29. The summed E-state index contributed by atoms with van der Waals surface area (Å²) in [5, 5.41) is 0. The van der Waals surface area contributed by atoms with E-state index < -0.39 is 0 Å². The van der Waals surface area contributed by atoms with Crippen molar-refractivity contribution in [1.29, 1.82) is 0 Å². The molecule has 0 amide bonds. The van der Waals surface area contributed by atoms with Crippen LogP contribution in [0.5, 0.6) is 11.5 Å². The van der Waals surface area contributed by atoms with Gasteiger partial charge in [0.25, 0.3) is 0 Å². The van der Waals surface area contributed by atoms with E-state index in [1.165, 1.54) is 18.1 Å². The summed E-state index contributed by atoms with van der Waals surface area (Å²) in [6.07, 6.45) is 5.24. The molecule has 1 aliphatic rings. The van der Waals surface area contributed by atoms with Crippen molar-refractivity contribution in [3.63, 3.8) is 0 Å². The highest BCUT2D eigenvalue weighted by Crippen LogP contribution is 2.34. The van der Waals surface area contributed by atoms with Gasteiger partial charge in [-0.3, -0.25) is 4.79 Å². The van der Waals surface area contributed by atoms with Crippen molar-refractivity contribution in [3.8, 4) is 11.5 Å². The van der Waals surface area contributed by atoms with Gasteiger partial charge in [0, 0.05) is 18.9 Å². The third kappa shape index (κ3) is 3.62. The van der Waals surface area contributed by atoms with Crippen LogP contribution in [0.2, 0.25) is 0 Å². The van der Waals surface area contributed by atoms with Crippen molar-refractivity contribution in [1.82, 2.24) is 0 Å². The topological polar surface area (TPSA) is 35.5 Å². The minimum absolute atomic E-state index is 0.323. The molecule has 0 aromatic heterocycles. The van der Waals surface area contributed by atoms with E-state index in [1.54, 1.807) is 6.07 Å². The molecule has 3 heteroatoms. The number of hydrogen-bond acceptors (Lipinski definition) is 3. The Balaban J connectivity index is 1.86. The molecule has 0 saturated heterocycles. The first kappa shape index (κ1) is 15.3. The van der Waals surface area contributed by atoms with Crippen molar-refractivity contribution in [2.75, 3.05) is 6.61 Å². The maximum absolute atomic E-state index is 11.2. The van der Waals surface area contributed by atoms with Crippen molar-refractivity contribution in [3.05, 3.63) is 65.2 Å². The number of carbonyl (C=O) groups excluding carboxylic acids is 1. The molecule has 23 heavy (non-hydrogen) atoms. The number of ether oxygens (including phenoxy) is 2. The van der Waals surface area contributed by atoms with Gasteiger partial charge in [-0.05, 0) is 42.2 Å². The Morgan fingerprint density at radius 1 is 1.13 bits per heavy atom. The first-order valence-electron chi connectivity index (χ1n) is 7.88. The molecule has 1 unspecified atom stereocenters. The van der Waals surface area contributed by atoms with Crippen LogP contribution in [0.4, 0.5) is 0 Å². The molecule has 1 atom stereocenters. The second-order valence-corrected chi connectivity index (χ2v) is 5.64. The first-order valence-corrected chi connectivity index (χ1v) is 7.88. The van der Waals surface area contributed by atoms with Crippen LogP contribution in [0.25, 0.3) is 6.08 Å². The van der Waals surface area contributed by atoms with Crippen molar-refractivity contribution >= 4 is 12.0 Å². The van der Waals surface area contributed by atoms with Gasteiger partial charge in [0.05, 0.1) is 6.61 Å². The second-order valence-electron chi connectivity index (χ2n) is 5.64. The van der Waals surface area contributed by atoms with Crippen molar-refractivity contribution in [2.45, 2.75) is 26.2 Å². The number of fused-ring (bicyclic) bond motifs is 1. The summed E-state index contributed by atoms with van der Waals surface area (Å²) in [6, 6.07) is 14.1. The van der Waals surface area contributed by atoms with Crippen LogP contribution >= 0.6 is 0 Å². The van der Waals surface area contributed by atoms with Gasteiger partial charge < -0.3 is 9.47 Å². The third-order valence-electron chi connectivity index (χ3n) is 3.87. The molecule has 0 saturated carbocycles. The number of carbonyl (C=O) groups is 1. The van der Waals surface area contributed by atoms with Gasteiger partial charge in [-0.15, -0.1) is 0 Å². The Morgan fingerprint density at radius 2 is 1.91 bits per heavy atom. The Kier molecular flexibility index (Phi) is 4.47. The lowest BCUT2D eigenvalue weighted by atomic mass is 9.93. The Labute approximate surface area is 136 Å². The minimum Gasteiger partial charge on any atom is -0.494 e. The van der Waals surface area contributed by atoms with Gasteiger partial charge in [0.1, 0.15) is 11.5 Å². The lowest BCUT2D eigenvalue weighted by Crippen LogP contribution is -2.04. The van der Waals surface area contributed by atoms with E-state index >= 15 is 0 Å². The van der Waals surface area contributed by atoms with E-state index in [9.17, 15) is 4.79 Å². The molecule has 2 aromatic rings. The van der Waals surface area contributed by atoms with Gasteiger partial charge in [-0.1, -0.05) is 36.4 Å². The zero-order chi connectivity index (χ0) is 16.2. The molecule has 0 bridgehead atoms. The first-order chi connectivity index (χ1) is 11.2. The standard InChI is InChI=1S/C20H20O3/c1-3-22-18-11-15(12-19(13-18)23-14(2)21)10-17-9-8-16-6-4-5-7-20(16)17/h4-9,11-13,17H,3,10H2,1-2H3. The summed E-state index contributed by atoms with van der Waals surface area (Å²) in [5.41, 5.74) is 3.71. The normalized spacial score (nSPS) is 15.3. The fourth-order valence-electron chi connectivity index (χ4n) is 2.98. The monoisotopic (exact) mass is 308 g/mol. The van der Waals surface area contributed by atoms with Crippen LogP contribution < -0.4 is 9.47 Å². The molecule has 1 aliphatic carbocycles. The number of allylic oxidation sites excluding steroid dienone is 1. The number of benzene rings is 2. The molecule has 0 fully saturated rings. The van der Waals surface area contributed by atoms with E-state index in [-0.39, 0.29) is 5.97 Å². The van der Waals surface area contributed by atoms with Crippen LogP contribution in [0.1, 0.15) is 36.5 Å². The molecule has 3 nitrogen and oxygen atoms in total. The molecular formula is C20H20O3. The highest BCUT2D eigenvalue weighted by molar-refractivity contribution is 5.69. The zero-order valence-corrected chi connectivity index (χ0v) is 13.4. The Hall–Kier alpha value is -2.55. The van der Waals surface area contributed by atoms with E-state index in [1.807, 2.05) is 19.1 Å². The molecule has 2 aromatic carbocycles. The van der Waals surface area contributed by atoms with E-state index in [4.69, 9.17) is 9.47 Å². The van der Waals surface area contributed by atoms with E-state index in [0.717, 1.165) is 17.7 Å². The van der Waals surface area contributed by atoms with Gasteiger partial charge in [0.15, 0.2) is 0 Å². The quantitative estimate of drug-likeness (QED) is 0.608. The summed E-state index contributed by atoms with van der Waals surface area (Å²) in [6.45, 7) is 3.92. The number of esters is 1. The summed E-state index contributed by atoms with van der Waals surface area (Å²) in [7, 11) is 0. The molecular weight excluding hydrogens is 288 g/mol. The highest BCUT2D eigenvalue weighted by Gasteiger charge is 2.18. The average Bonchev–Trinajstić information content (AvgIpc) is 2.90. The number of rotatable bonds is 5. The van der Waals surface area contributed by atoms with Crippen molar-refractivity contribution in [2.24, 2.45) is 0 Å². The Bertz CT molecular complexity index is 746. The summed E-state index contributed by atoms with van der Waals surface area (Å²) >= 11 is 0. The fourth-order valence-corrected chi connectivity index (χ4v) is 2.98. The lowest BCUT2D eigenvalue weighted by Gasteiger charge is -2.14. The lowest BCUT2D eigenvalue weighted by molar-refractivity contribution is -0.131. The zero-order valence-electron chi connectivity index (χ0n) is 13.4. The SMILES string of the molecule is CCOc1cc(CC2C=Cc3ccccc32)cc(OC(C)=O)c1. The van der Waals surface area contributed by atoms with Gasteiger partial charge >= 0.3 is 5.97 Å². The molecule has 0 heterocycles. The van der Waals surface area contributed by atoms with Crippen LogP contribution in [0.15, 0.2) is 48.5 Å². The van der Waals surface area contributed by atoms with Crippen LogP contribution in [0, 0.1) is 0 Å².